The highest BCUT2D eigenvalue weighted by Gasteiger charge is 2.34. The number of alkyl halides is 5. The van der Waals surface area contributed by atoms with Gasteiger partial charge in [0.05, 0.1) is 5.69 Å². The highest BCUT2D eigenvalue weighted by atomic mass is 32.1. The maximum atomic E-state index is 13.0. The van der Waals surface area contributed by atoms with Crippen molar-refractivity contribution in [1.29, 1.82) is 0 Å². The Bertz CT molecular complexity index is 1090. The number of nitrogens with one attached hydrogen (secondary N) is 1. The van der Waals surface area contributed by atoms with Crippen LogP contribution in [-0.4, -0.2) is 26.6 Å². The van der Waals surface area contributed by atoms with Gasteiger partial charge in [-0.2, -0.15) is 27.1 Å². The number of hydrogen-bond donors (Lipinski definition) is 2. The van der Waals surface area contributed by atoms with Gasteiger partial charge in [0, 0.05) is 11.6 Å². The third-order valence-electron chi connectivity index (χ3n) is 3.65. The standard InChI is InChI=1S/C15H10F5N5O2S/c1-5-4-7(15(18,19)20)22-13-8(5)9(10(28-13)11(21)26)23-12(27)6-2-3-25(24-6)14(16)17/h2-4,14H,1H3,(H2,21,26)(H,23,27). The summed E-state index contributed by atoms with van der Waals surface area (Å²) in [5, 5.41) is 5.79. The molecule has 28 heavy (non-hydrogen) atoms. The van der Waals surface area contributed by atoms with E-state index < -0.39 is 30.2 Å². The van der Waals surface area contributed by atoms with Gasteiger partial charge < -0.3 is 11.1 Å². The van der Waals surface area contributed by atoms with Gasteiger partial charge in [-0.05, 0) is 24.6 Å². The maximum Gasteiger partial charge on any atom is 0.433 e. The van der Waals surface area contributed by atoms with Crippen LogP contribution in [-0.2, 0) is 6.18 Å². The zero-order chi connectivity index (χ0) is 20.8. The quantitative estimate of drug-likeness (QED) is 0.631. The first-order valence-corrected chi connectivity index (χ1v) is 8.26. The van der Waals surface area contributed by atoms with Crippen LogP contribution in [0.4, 0.5) is 27.6 Å². The van der Waals surface area contributed by atoms with Crippen molar-refractivity contribution in [3.05, 3.63) is 40.2 Å². The van der Waals surface area contributed by atoms with E-state index in [9.17, 15) is 31.5 Å². The normalized spacial score (nSPS) is 12.0. The Balaban J connectivity index is 2.09. The minimum Gasteiger partial charge on any atom is -0.365 e. The molecular weight excluding hydrogens is 409 g/mol. The first-order chi connectivity index (χ1) is 13.0. The molecule has 3 aromatic heterocycles. The average molecular weight is 419 g/mol. The summed E-state index contributed by atoms with van der Waals surface area (Å²) in [4.78, 5) is 27.1. The molecule has 2 amide bonds. The molecule has 0 atom stereocenters. The van der Waals surface area contributed by atoms with Crippen LogP contribution >= 0.6 is 11.3 Å². The number of amides is 2. The Morgan fingerprint density at radius 2 is 2.00 bits per heavy atom. The lowest BCUT2D eigenvalue weighted by molar-refractivity contribution is -0.141. The first kappa shape index (κ1) is 19.7. The average Bonchev–Trinajstić information content (AvgIpc) is 3.19. The van der Waals surface area contributed by atoms with Crippen LogP contribution in [0.5, 0.6) is 0 Å². The molecule has 0 aliphatic rings. The van der Waals surface area contributed by atoms with Gasteiger partial charge in [0.1, 0.15) is 15.4 Å². The second kappa shape index (κ2) is 6.82. The molecule has 0 spiro atoms. The second-order valence-electron chi connectivity index (χ2n) is 5.59. The number of rotatable bonds is 4. The van der Waals surface area contributed by atoms with Gasteiger partial charge in [0.2, 0.25) is 0 Å². The van der Waals surface area contributed by atoms with Crippen LogP contribution in [0.15, 0.2) is 18.3 Å². The Hall–Kier alpha value is -3.09. The van der Waals surface area contributed by atoms with E-state index in [0.29, 0.717) is 11.3 Å². The largest absolute Gasteiger partial charge is 0.433 e. The van der Waals surface area contributed by atoms with Crippen LogP contribution in [0.2, 0.25) is 0 Å². The van der Waals surface area contributed by atoms with Crippen molar-refractivity contribution < 1.29 is 31.5 Å². The molecule has 0 unspecified atom stereocenters. The van der Waals surface area contributed by atoms with Crippen molar-refractivity contribution in [1.82, 2.24) is 14.8 Å². The fourth-order valence-electron chi connectivity index (χ4n) is 2.47. The summed E-state index contributed by atoms with van der Waals surface area (Å²) in [5.41, 5.74) is 3.66. The topological polar surface area (TPSA) is 103 Å². The molecule has 0 fully saturated rings. The Morgan fingerprint density at radius 3 is 2.54 bits per heavy atom. The van der Waals surface area contributed by atoms with Gasteiger partial charge in [-0.15, -0.1) is 11.3 Å². The van der Waals surface area contributed by atoms with Crippen LogP contribution in [0.25, 0.3) is 10.2 Å². The van der Waals surface area contributed by atoms with Crippen molar-refractivity contribution in [2.24, 2.45) is 5.73 Å². The summed E-state index contributed by atoms with van der Waals surface area (Å²) < 4.78 is 64.3. The van der Waals surface area contributed by atoms with Gasteiger partial charge in [-0.25, -0.2) is 9.67 Å². The third-order valence-corrected chi connectivity index (χ3v) is 4.75. The fourth-order valence-corrected chi connectivity index (χ4v) is 3.52. The summed E-state index contributed by atoms with van der Waals surface area (Å²) in [6, 6.07) is 1.79. The number of nitrogens with zero attached hydrogens (tertiary/aromatic N) is 3. The highest BCUT2D eigenvalue weighted by Crippen LogP contribution is 2.39. The van der Waals surface area contributed by atoms with Gasteiger partial charge in [-0.1, -0.05) is 0 Å². The lowest BCUT2D eigenvalue weighted by Gasteiger charge is -2.09. The number of nitrogens with two attached hydrogens (primary N) is 1. The summed E-state index contributed by atoms with van der Waals surface area (Å²) >= 11 is 0.578. The zero-order valence-electron chi connectivity index (χ0n) is 13.8. The first-order valence-electron chi connectivity index (χ1n) is 7.45. The van der Waals surface area contributed by atoms with Gasteiger partial charge in [0.25, 0.3) is 11.8 Å². The number of thiophene rings is 1. The summed E-state index contributed by atoms with van der Waals surface area (Å²) in [6.07, 6.45) is -3.83. The number of aryl methyl sites for hydroxylation is 1. The van der Waals surface area contributed by atoms with E-state index in [0.717, 1.165) is 18.3 Å². The van der Waals surface area contributed by atoms with Crippen molar-refractivity contribution in [3.8, 4) is 0 Å². The van der Waals surface area contributed by atoms with Crippen molar-refractivity contribution >= 4 is 39.1 Å². The van der Waals surface area contributed by atoms with Crippen molar-refractivity contribution in [3.63, 3.8) is 0 Å². The Morgan fingerprint density at radius 1 is 1.32 bits per heavy atom. The number of fused-ring (bicyclic) bond motifs is 1. The fraction of sp³-hybridized carbons (Fsp3) is 0.200. The van der Waals surface area contributed by atoms with Crippen LogP contribution in [0.3, 0.4) is 0 Å². The lowest BCUT2D eigenvalue weighted by Crippen LogP contribution is -2.17. The van der Waals surface area contributed by atoms with E-state index >= 15 is 0 Å². The number of aromatic nitrogens is 3. The van der Waals surface area contributed by atoms with Crippen molar-refractivity contribution in [2.75, 3.05) is 5.32 Å². The van der Waals surface area contributed by atoms with E-state index in [1.54, 1.807) is 0 Å². The molecular formula is C15H10F5N5O2S. The second-order valence-corrected chi connectivity index (χ2v) is 6.58. The number of carbonyl (C=O) groups excluding carboxylic acids is 2. The zero-order valence-corrected chi connectivity index (χ0v) is 14.7. The third kappa shape index (κ3) is 3.52. The van der Waals surface area contributed by atoms with E-state index in [4.69, 9.17) is 5.73 Å². The van der Waals surface area contributed by atoms with Crippen LogP contribution in [0.1, 0.15) is 38.0 Å². The molecule has 0 aliphatic carbocycles. The smallest absolute Gasteiger partial charge is 0.365 e. The summed E-state index contributed by atoms with van der Waals surface area (Å²) in [6.45, 7) is -1.62. The minimum absolute atomic E-state index is 0.0912. The molecule has 7 nitrogen and oxygen atoms in total. The molecule has 13 heteroatoms. The van der Waals surface area contributed by atoms with Gasteiger partial charge in [0.15, 0.2) is 5.69 Å². The van der Waals surface area contributed by atoms with Gasteiger partial charge >= 0.3 is 12.7 Å². The SMILES string of the molecule is Cc1cc(C(F)(F)F)nc2sc(C(N)=O)c(NC(=O)c3ccn(C(F)F)n3)c12. The molecule has 3 heterocycles. The Labute approximate surface area is 157 Å². The predicted molar refractivity (Wildman–Crippen MR) is 89.3 cm³/mol. The number of halogens is 5. The molecule has 0 saturated carbocycles. The number of hydrogen-bond acceptors (Lipinski definition) is 5. The highest BCUT2D eigenvalue weighted by molar-refractivity contribution is 7.21. The van der Waals surface area contributed by atoms with E-state index in [1.807, 2.05) is 0 Å². The van der Waals surface area contributed by atoms with E-state index in [2.05, 4.69) is 15.4 Å². The molecule has 0 aliphatic heterocycles. The molecule has 148 valence electrons. The molecule has 0 radical (unpaired) electrons. The number of carbonyl (C=O) groups is 2. The maximum absolute atomic E-state index is 13.0. The molecule has 0 saturated heterocycles. The number of primary amides is 1. The van der Waals surface area contributed by atoms with Crippen LogP contribution in [0, 0.1) is 6.92 Å². The molecule has 0 bridgehead atoms. The summed E-state index contributed by atoms with van der Waals surface area (Å²) in [7, 11) is 0. The molecule has 3 N–H and O–H groups in total. The number of pyridine rings is 1. The van der Waals surface area contributed by atoms with E-state index in [-0.39, 0.29) is 36.7 Å². The summed E-state index contributed by atoms with van der Waals surface area (Å²) in [5.74, 6) is -1.94. The predicted octanol–water partition coefficient (Wildman–Crippen LogP) is 3.57. The Kier molecular flexibility index (Phi) is 4.79. The lowest BCUT2D eigenvalue weighted by atomic mass is 10.1. The molecule has 3 aromatic rings. The molecule has 3 rings (SSSR count). The monoisotopic (exact) mass is 419 g/mol. The molecule has 0 aromatic carbocycles. The van der Waals surface area contributed by atoms with E-state index in [1.165, 1.54) is 6.92 Å². The minimum atomic E-state index is -4.71. The van der Waals surface area contributed by atoms with Gasteiger partial charge in [-0.3, -0.25) is 9.59 Å². The number of anilines is 1. The van der Waals surface area contributed by atoms with Crippen LogP contribution < -0.4 is 11.1 Å². The van der Waals surface area contributed by atoms with Crippen molar-refractivity contribution in [2.45, 2.75) is 19.6 Å².